The molecule has 40 heavy (non-hydrogen) atoms. The molecule has 12 nitrogen and oxygen atoms in total. The second kappa shape index (κ2) is 9.68. The maximum absolute atomic E-state index is 15.4. The number of aliphatic hydroxyl groups is 3. The van der Waals surface area contributed by atoms with E-state index < -0.39 is 86.5 Å². The molecule has 1 fully saturated rings. The number of amides is 2. The molecular formula is C27H34FN5O7. The van der Waals surface area contributed by atoms with E-state index in [4.69, 9.17) is 11.1 Å². The summed E-state index contributed by atoms with van der Waals surface area (Å²) in [6, 6.07) is -0.164. The lowest BCUT2D eigenvalue weighted by Crippen LogP contribution is -2.67. The highest BCUT2D eigenvalue weighted by Gasteiger charge is 2.63. The number of carbonyl (C=O) groups is 3. The first-order chi connectivity index (χ1) is 18.4. The van der Waals surface area contributed by atoms with Crippen molar-refractivity contribution in [3.8, 4) is 5.75 Å². The zero-order valence-electron chi connectivity index (χ0n) is 22.8. The monoisotopic (exact) mass is 559 g/mol. The number of Topliss-reactive ketones (excluding diaryl/α,β-unsaturated/α-hetero) is 1. The highest BCUT2D eigenvalue weighted by Crippen LogP contribution is 2.53. The summed E-state index contributed by atoms with van der Waals surface area (Å²) in [7, 11) is 3.09. The van der Waals surface area contributed by atoms with Crippen molar-refractivity contribution < 1.29 is 39.2 Å². The van der Waals surface area contributed by atoms with Gasteiger partial charge in [-0.05, 0) is 53.6 Å². The number of hydrogen-bond acceptors (Lipinski definition) is 10. The van der Waals surface area contributed by atoms with Crippen LogP contribution in [0.2, 0.25) is 0 Å². The fraction of sp³-hybridized carbons (Fsp3) is 0.481. The SMILES string of the molecule is CN(C)[C@@H]1C(O)=C(C(N)=O)C(=N)[C@@]2(O)C(=O)C3=C(O)c4c(O)c(NC(=O)CNC(C)(C)C)cc(F)c4C[C@H]3C[C@@H]12. The molecule has 0 spiro atoms. The van der Waals surface area contributed by atoms with Gasteiger partial charge in [-0.3, -0.25) is 19.3 Å². The molecule has 216 valence electrons. The number of benzene rings is 1. The van der Waals surface area contributed by atoms with Gasteiger partial charge in [0.25, 0.3) is 5.91 Å². The number of phenols is 1. The molecule has 2 amide bonds. The molecule has 0 aromatic heterocycles. The molecular weight excluding hydrogens is 525 g/mol. The van der Waals surface area contributed by atoms with Crippen molar-refractivity contribution in [2.24, 2.45) is 17.6 Å². The Bertz CT molecular complexity index is 1410. The number of fused-ring (bicyclic) bond motifs is 3. The normalized spacial score (nSPS) is 26.4. The molecule has 1 saturated carbocycles. The minimum Gasteiger partial charge on any atom is -0.510 e. The van der Waals surface area contributed by atoms with Crippen molar-refractivity contribution in [3.63, 3.8) is 0 Å². The van der Waals surface area contributed by atoms with E-state index in [2.05, 4.69) is 10.6 Å². The predicted molar refractivity (Wildman–Crippen MR) is 143 cm³/mol. The van der Waals surface area contributed by atoms with Gasteiger partial charge in [-0.15, -0.1) is 0 Å². The minimum atomic E-state index is -2.65. The number of aliphatic hydroxyl groups excluding tert-OH is 2. The van der Waals surface area contributed by atoms with Crippen LogP contribution in [0.5, 0.6) is 5.75 Å². The van der Waals surface area contributed by atoms with Gasteiger partial charge in [-0.1, -0.05) is 0 Å². The largest absolute Gasteiger partial charge is 0.510 e. The van der Waals surface area contributed by atoms with Crippen LogP contribution in [0.3, 0.4) is 0 Å². The summed E-state index contributed by atoms with van der Waals surface area (Å²) in [6.45, 7) is 5.37. The van der Waals surface area contributed by atoms with Crippen molar-refractivity contribution in [1.82, 2.24) is 10.2 Å². The van der Waals surface area contributed by atoms with Crippen molar-refractivity contribution in [2.75, 3.05) is 26.0 Å². The Morgan fingerprint density at radius 1 is 1.25 bits per heavy atom. The summed E-state index contributed by atoms with van der Waals surface area (Å²) in [4.78, 5) is 39.9. The third-order valence-corrected chi connectivity index (χ3v) is 7.77. The highest BCUT2D eigenvalue weighted by atomic mass is 19.1. The Labute approximate surface area is 229 Å². The van der Waals surface area contributed by atoms with Crippen LogP contribution in [0.4, 0.5) is 10.1 Å². The second-order valence-corrected chi connectivity index (χ2v) is 11.8. The Hall–Kier alpha value is -3.81. The number of nitrogens with one attached hydrogen (secondary N) is 3. The summed E-state index contributed by atoms with van der Waals surface area (Å²) < 4.78 is 15.4. The van der Waals surface area contributed by atoms with Gasteiger partial charge in [0, 0.05) is 28.7 Å². The first kappa shape index (κ1) is 29.2. The number of primary amides is 1. The second-order valence-electron chi connectivity index (χ2n) is 11.8. The van der Waals surface area contributed by atoms with Crippen molar-refractivity contribution >= 4 is 34.8 Å². The Balaban J connectivity index is 1.82. The van der Waals surface area contributed by atoms with Crippen LogP contribution in [-0.2, 0) is 20.8 Å². The minimum absolute atomic E-state index is 0.0838. The van der Waals surface area contributed by atoms with Crippen molar-refractivity contribution in [1.29, 1.82) is 5.41 Å². The lowest BCUT2D eigenvalue weighted by molar-refractivity contribution is -0.138. The van der Waals surface area contributed by atoms with Crippen molar-refractivity contribution in [3.05, 3.63) is 39.9 Å². The van der Waals surface area contributed by atoms with Crippen LogP contribution in [0.25, 0.3) is 5.76 Å². The smallest absolute Gasteiger partial charge is 0.254 e. The maximum Gasteiger partial charge on any atom is 0.254 e. The molecule has 0 unspecified atom stereocenters. The number of anilines is 1. The fourth-order valence-corrected chi connectivity index (χ4v) is 5.96. The summed E-state index contributed by atoms with van der Waals surface area (Å²) in [6.07, 6.45) is -0.244. The van der Waals surface area contributed by atoms with Crippen LogP contribution >= 0.6 is 0 Å². The van der Waals surface area contributed by atoms with Gasteiger partial charge < -0.3 is 42.2 Å². The molecule has 0 bridgehead atoms. The number of ketones is 1. The topological polar surface area (TPSA) is 209 Å². The van der Waals surface area contributed by atoms with Gasteiger partial charge in [0.1, 0.15) is 22.9 Å². The predicted octanol–water partition coefficient (Wildman–Crippen LogP) is 0.880. The number of halogens is 1. The van der Waals surface area contributed by atoms with Gasteiger partial charge in [0.2, 0.25) is 11.7 Å². The molecule has 0 heterocycles. The van der Waals surface area contributed by atoms with E-state index in [0.717, 1.165) is 6.07 Å². The summed E-state index contributed by atoms with van der Waals surface area (Å²) >= 11 is 0. The van der Waals surface area contributed by atoms with Gasteiger partial charge in [0.05, 0.1) is 29.5 Å². The van der Waals surface area contributed by atoms with Gasteiger partial charge >= 0.3 is 0 Å². The molecule has 3 aliphatic carbocycles. The first-order valence-electron chi connectivity index (χ1n) is 12.7. The Morgan fingerprint density at radius 3 is 2.42 bits per heavy atom. The summed E-state index contributed by atoms with van der Waals surface area (Å²) in [5, 5.41) is 58.6. The summed E-state index contributed by atoms with van der Waals surface area (Å²) in [5.74, 6) is -7.82. The molecule has 1 aromatic rings. The van der Waals surface area contributed by atoms with Crippen molar-refractivity contribution in [2.45, 2.75) is 50.8 Å². The number of carbonyl (C=O) groups excluding carboxylic acids is 3. The van der Waals surface area contributed by atoms with Crippen LogP contribution < -0.4 is 16.4 Å². The summed E-state index contributed by atoms with van der Waals surface area (Å²) in [5.41, 5.74) is -0.470. The van der Waals surface area contributed by atoms with Crippen LogP contribution in [0, 0.1) is 23.1 Å². The highest BCUT2D eigenvalue weighted by molar-refractivity contribution is 6.34. The molecule has 0 aliphatic heterocycles. The average molecular weight is 560 g/mol. The van der Waals surface area contributed by atoms with E-state index in [1.807, 2.05) is 20.8 Å². The molecule has 0 saturated heterocycles. The van der Waals surface area contributed by atoms with E-state index >= 15 is 4.39 Å². The van der Waals surface area contributed by atoms with E-state index in [1.54, 1.807) is 14.1 Å². The third kappa shape index (κ3) is 4.43. The van der Waals surface area contributed by atoms with Gasteiger partial charge in [-0.25, -0.2) is 4.39 Å². The maximum atomic E-state index is 15.4. The number of hydrogen-bond donors (Lipinski definition) is 8. The Kier molecular flexibility index (Phi) is 7.06. The third-order valence-electron chi connectivity index (χ3n) is 7.77. The Morgan fingerprint density at radius 2 is 1.88 bits per heavy atom. The van der Waals surface area contributed by atoms with E-state index in [0.29, 0.717) is 0 Å². The number of nitrogens with two attached hydrogens (primary N) is 1. The van der Waals surface area contributed by atoms with Crippen LogP contribution in [0.1, 0.15) is 38.3 Å². The fourth-order valence-electron chi connectivity index (χ4n) is 5.96. The van der Waals surface area contributed by atoms with Gasteiger partial charge in [-0.2, -0.15) is 0 Å². The molecule has 1 aromatic carbocycles. The average Bonchev–Trinajstić information content (AvgIpc) is 2.82. The number of likely N-dealkylation sites (N-methyl/N-ethyl adjacent to an activating group) is 1. The van der Waals surface area contributed by atoms with Gasteiger partial charge in [0.15, 0.2) is 11.4 Å². The lowest BCUT2D eigenvalue weighted by atomic mass is 9.57. The van der Waals surface area contributed by atoms with E-state index in [1.165, 1.54) is 4.90 Å². The molecule has 0 radical (unpaired) electrons. The zero-order chi connectivity index (χ0) is 30.1. The van der Waals surface area contributed by atoms with Crippen LogP contribution in [-0.4, -0.2) is 86.5 Å². The number of aromatic hydroxyl groups is 1. The molecule has 3 aliphatic rings. The number of phenolic OH excluding ortho intramolecular Hbond substituents is 1. The molecule has 9 N–H and O–H groups in total. The van der Waals surface area contributed by atoms with E-state index in [9.17, 15) is 34.8 Å². The van der Waals surface area contributed by atoms with E-state index in [-0.39, 0.29) is 36.2 Å². The number of rotatable bonds is 5. The number of nitrogens with zero attached hydrogens (tertiary/aromatic N) is 1. The quantitative estimate of drug-likeness (QED) is 0.240. The molecule has 4 atom stereocenters. The van der Waals surface area contributed by atoms with Crippen LogP contribution in [0.15, 0.2) is 23.0 Å². The molecule has 4 rings (SSSR count). The molecule has 13 heteroatoms. The lowest BCUT2D eigenvalue weighted by Gasteiger charge is -2.51. The first-order valence-corrected chi connectivity index (χ1v) is 12.7. The zero-order valence-corrected chi connectivity index (χ0v) is 22.8. The standard InChI is InChI=1S/C27H34FN5O7/c1-26(2,3)31-9-15(34)32-14-8-13(28)11-6-10-7-12-19(33(4)5)22(37)18(25(30)39)23(29)27(12,40)24(38)16(10)21(36)17(11)20(14)35/h8,10,12,19,29,31,35-37,40H,6-7,9H2,1-5H3,(H2,30,39)(H,32,34)/t10-,12-,19-,27+/m0/s1.